The second kappa shape index (κ2) is 8.99. The molecule has 0 bridgehead atoms. The molecule has 7 nitrogen and oxygen atoms in total. The molecule has 1 amide bonds. The predicted octanol–water partition coefficient (Wildman–Crippen LogP) is 4.57. The number of nitro benzene ring substituents is 1. The Labute approximate surface area is 170 Å². The molecule has 0 heterocycles. The topological polar surface area (TPSA) is 90.7 Å². The Balaban J connectivity index is 1.80. The molecule has 0 spiro atoms. The summed E-state index contributed by atoms with van der Waals surface area (Å²) in [7, 11) is 1.51. The van der Waals surface area contributed by atoms with E-state index in [0.717, 1.165) is 12.1 Å². The lowest BCUT2D eigenvalue weighted by Gasteiger charge is -2.12. The van der Waals surface area contributed by atoms with Gasteiger partial charge in [0, 0.05) is 23.8 Å². The smallest absolute Gasteiger partial charge is 0.270 e. The number of hydrogen-bond acceptors (Lipinski definition) is 5. The maximum atomic E-state index is 13.7. The molecule has 0 fully saturated rings. The van der Waals surface area contributed by atoms with E-state index in [0.29, 0.717) is 22.9 Å². The van der Waals surface area contributed by atoms with Crippen molar-refractivity contribution in [3.8, 4) is 22.6 Å². The van der Waals surface area contributed by atoms with Crippen LogP contribution in [-0.4, -0.2) is 24.5 Å². The van der Waals surface area contributed by atoms with E-state index in [-0.39, 0.29) is 17.1 Å². The van der Waals surface area contributed by atoms with Gasteiger partial charge >= 0.3 is 0 Å². The summed E-state index contributed by atoms with van der Waals surface area (Å²) in [6, 6.07) is 13.5. The van der Waals surface area contributed by atoms with E-state index in [9.17, 15) is 23.7 Å². The normalized spacial score (nSPS) is 10.4. The number of ether oxygens (including phenoxy) is 2. The Morgan fingerprint density at radius 2 is 1.80 bits per heavy atom. The van der Waals surface area contributed by atoms with Crippen LogP contribution >= 0.6 is 0 Å². The van der Waals surface area contributed by atoms with Crippen molar-refractivity contribution >= 4 is 17.3 Å². The van der Waals surface area contributed by atoms with E-state index in [1.165, 1.54) is 25.3 Å². The molecule has 0 aliphatic rings. The number of halogens is 2. The van der Waals surface area contributed by atoms with Crippen molar-refractivity contribution < 1.29 is 28.0 Å². The first-order chi connectivity index (χ1) is 14.4. The van der Waals surface area contributed by atoms with Crippen LogP contribution in [0, 0.1) is 21.7 Å². The average molecular weight is 414 g/mol. The fraction of sp³-hybridized carbons (Fsp3) is 0.0952. The van der Waals surface area contributed by atoms with E-state index >= 15 is 0 Å². The predicted molar refractivity (Wildman–Crippen MR) is 106 cm³/mol. The second-order valence-electron chi connectivity index (χ2n) is 6.13. The van der Waals surface area contributed by atoms with Crippen molar-refractivity contribution in [2.75, 3.05) is 19.0 Å². The van der Waals surface area contributed by atoms with Crippen molar-refractivity contribution in [1.82, 2.24) is 0 Å². The van der Waals surface area contributed by atoms with Gasteiger partial charge in [-0.1, -0.05) is 12.1 Å². The number of benzene rings is 3. The van der Waals surface area contributed by atoms with E-state index in [1.807, 2.05) is 0 Å². The number of methoxy groups -OCH3 is 1. The molecule has 3 aromatic carbocycles. The molecular weight excluding hydrogens is 398 g/mol. The lowest BCUT2D eigenvalue weighted by molar-refractivity contribution is -0.384. The Morgan fingerprint density at radius 1 is 1.07 bits per heavy atom. The van der Waals surface area contributed by atoms with E-state index < -0.39 is 29.1 Å². The molecule has 0 saturated carbocycles. The molecule has 0 saturated heterocycles. The third kappa shape index (κ3) is 4.88. The standard InChI is InChI=1S/C21H16F2N2O5/c1-29-16-6-2-13(3-7-16)17-11-15(25(27)28)5-9-20(17)30-12-21(26)24-19-8-4-14(22)10-18(19)23/h2-11H,12H2,1H3,(H,24,26). The molecule has 0 aromatic heterocycles. The first kappa shape index (κ1) is 20.7. The number of nitro groups is 1. The van der Waals surface area contributed by atoms with Gasteiger partial charge in [0.25, 0.3) is 11.6 Å². The summed E-state index contributed by atoms with van der Waals surface area (Å²) < 4.78 is 37.3. The molecule has 0 aliphatic carbocycles. The average Bonchev–Trinajstić information content (AvgIpc) is 2.74. The minimum Gasteiger partial charge on any atom is -0.497 e. The number of nitrogens with zero attached hydrogens (tertiary/aromatic N) is 1. The highest BCUT2D eigenvalue weighted by Gasteiger charge is 2.15. The van der Waals surface area contributed by atoms with Gasteiger partial charge in [0.2, 0.25) is 0 Å². The van der Waals surface area contributed by atoms with Crippen molar-refractivity contribution in [2.24, 2.45) is 0 Å². The maximum absolute atomic E-state index is 13.7. The number of carbonyl (C=O) groups is 1. The van der Waals surface area contributed by atoms with Crippen LogP contribution < -0.4 is 14.8 Å². The van der Waals surface area contributed by atoms with Crippen molar-refractivity contribution in [1.29, 1.82) is 0 Å². The zero-order valence-electron chi connectivity index (χ0n) is 15.7. The minimum atomic E-state index is -0.919. The third-order valence-corrected chi connectivity index (χ3v) is 4.14. The fourth-order valence-electron chi connectivity index (χ4n) is 2.67. The molecule has 30 heavy (non-hydrogen) atoms. The molecule has 3 aromatic rings. The number of hydrogen-bond donors (Lipinski definition) is 1. The van der Waals surface area contributed by atoms with Crippen LogP contribution in [0.25, 0.3) is 11.1 Å². The summed E-state index contributed by atoms with van der Waals surface area (Å²) in [5.74, 6) is -1.54. The Morgan fingerprint density at radius 3 is 2.43 bits per heavy atom. The highest BCUT2D eigenvalue weighted by molar-refractivity contribution is 5.92. The zero-order valence-corrected chi connectivity index (χ0v) is 15.7. The molecule has 0 radical (unpaired) electrons. The molecule has 1 N–H and O–H groups in total. The number of non-ortho nitro benzene ring substituents is 1. The molecular formula is C21H16F2N2O5. The van der Waals surface area contributed by atoms with Crippen molar-refractivity contribution in [2.45, 2.75) is 0 Å². The maximum Gasteiger partial charge on any atom is 0.270 e. The summed E-state index contributed by atoms with van der Waals surface area (Å²) in [5, 5.41) is 13.4. The van der Waals surface area contributed by atoms with Gasteiger partial charge in [-0.2, -0.15) is 0 Å². The van der Waals surface area contributed by atoms with Crippen LogP contribution in [-0.2, 0) is 4.79 Å². The van der Waals surface area contributed by atoms with Crippen LogP contribution in [0.15, 0.2) is 60.7 Å². The van der Waals surface area contributed by atoms with Gasteiger partial charge in [0.05, 0.1) is 17.7 Å². The molecule has 154 valence electrons. The Hall–Kier alpha value is -4.01. The van der Waals surface area contributed by atoms with Gasteiger partial charge in [-0.25, -0.2) is 8.78 Å². The number of anilines is 1. The summed E-state index contributed by atoms with van der Waals surface area (Å²) >= 11 is 0. The molecule has 0 atom stereocenters. The highest BCUT2D eigenvalue weighted by atomic mass is 19.1. The fourth-order valence-corrected chi connectivity index (χ4v) is 2.67. The van der Waals surface area contributed by atoms with Gasteiger partial charge in [0.15, 0.2) is 6.61 Å². The van der Waals surface area contributed by atoms with Crippen LogP contribution in [0.2, 0.25) is 0 Å². The van der Waals surface area contributed by atoms with E-state index in [4.69, 9.17) is 9.47 Å². The van der Waals surface area contributed by atoms with Crippen LogP contribution in [0.4, 0.5) is 20.2 Å². The lowest BCUT2D eigenvalue weighted by Crippen LogP contribution is -2.21. The quantitative estimate of drug-likeness (QED) is 0.452. The monoisotopic (exact) mass is 414 g/mol. The van der Waals surface area contributed by atoms with Crippen molar-refractivity contribution in [3.63, 3.8) is 0 Å². The van der Waals surface area contributed by atoms with Gasteiger partial charge in [0.1, 0.15) is 23.1 Å². The van der Waals surface area contributed by atoms with Gasteiger partial charge in [-0.3, -0.25) is 14.9 Å². The highest BCUT2D eigenvalue weighted by Crippen LogP contribution is 2.34. The van der Waals surface area contributed by atoms with Crippen LogP contribution in [0.5, 0.6) is 11.5 Å². The minimum absolute atomic E-state index is 0.147. The number of amides is 1. The summed E-state index contributed by atoms with van der Waals surface area (Å²) in [6.45, 7) is -0.488. The van der Waals surface area contributed by atoms with Crippen LogP contribution in [0.3, 0.4) is 0 Å². The van der Waals surface area contributed by atoms with Gasteiger partial charge < -0.3 is 14.8 Å². The zero-order chi connectivity index (χ0) is 21.7. The third-order valence-electron chi connectivity index (χ3n) is 4.14. The SMILES string of the molecule is COc1ccc(-c2cc([N+](=O)[O-])ccc2OCC(=O)Nc2ccc(F)cc2F)cc1. The van der Waals surface area contributed by atoms with Crippen molar-refractivity contribution in [3.05, 3.63) is 82.4 Å². The van der Waals surface area contributed by atoms with E-state index in [1.54, 1.807) is 24.3 Å². The van der Waals surface area contributed by atoms with E-state index in [2.05, 4.69) is 5.32 Å². The first-order valence-corrected chi connectivity index (χ1v) is 8.68. The Bertz CT molecular complexity index is 1090. The molecule has 3 rings (SSSR count). The summed E-state index contributed by atoms with van der Waals surface area (Å²) in [6.07, 6.45) is 0. The largest absolute Gasteiger partial charge is 0.497 e. The second-order valence-corrected chi connectivity index (χ2v) is 6.13. The van der Waals surface area contributed by atoms with Gasteiger partial charge in [-0.05, 0) is 35.9 Å². The van der Waals surface area contributed by atoms with Crippen LogP contribution in [0.1, 0.15) is 0 Å². The Kier molecular flexibility index (Phi) is 6.21. The first-order valence-electron chi connectivity index (χ1n) is 8.68. The number of carbonyl (C=O) groups excluding carboxylic acids is 1. The summed E-state index contributed by atoms with van der Waals surface area (Å²) in [4.78, 5) is 22.7. The molecule has 0 unspecified atom stereocenters. The number of rotatable bonds is 7. The van der Waals surface area contributed by atoms with Gasteiger partial charge in [-0.15, -0.1) is 0 Å². The molecule has 9 heteroatoms. The lowest BCUT2D eigenvalue weighted by atomic mass is 10.0. The number of nitrogens with one attached hydrogen (secondary N) is 1. The molecule has 0 aliphatic heterocycles. The summed E-state index contributed by atoms with van der Waals surface area (Å²) in [5.41, 5.74) is 0.669.